The molecule has 1 aliphatic carbocycles. The second-order valence-corrected chi connectivity index (χ2v) is 6.09. The molecule has 0 bridgehead atoms. The molecular formula is C15H28N2O. The maximum absolute atomic E-state index is 12.1. The molecule has 1 N–H and O–H groups in total. The summed E-state index contributed by atoms with van der Waals surface area (Å²) in [5, 5.41) is 3.38. The number of carbonyl (C=O) groups is 1. The maximum atomic E-state index is 12.1. The van der Waals surface area contributed by atoms with E-state index in [1.165, 1.54) is 38.5 Å². The second kappa shape index (κ2) is 7.13. The summed E-state index contributed by atoms with van der Waals surface area (Å²) in [4.78, 5) is 14.1. The Morgan fingerprint density at radius 2 is 2.06 bits per heavy atom. The van der Waals surface area contributed by atoms with Crippen LogP contribution in [0, 0.1) is 5.92 Å². The van der Waals surface area contributed by atoms with Crippen molar-refractivity contribution < 1.29 is 4.79 Å². The Labute approximate surface area is 111 Å². The molecule has 104 valence electrons. The van der Waals surface area contributed by atoms with Crippen molar-refractivity contribution in [2.75, 3.05) is 19.6 Å². The third-order valence-corrected chi connectivity index (χ3v) is 4.45. The van der Waals surface area contributed by atoms with Gasteiger partial charge in [-0.25, -0.2) is 0 Å². The molecule has 3 nitrogen and oxygen atoms in total. The van der Waals surface area contributed by atoms with Crippen molar-refractivity contribution in [3.8, 4) is 0 Å². The van der Waals surface area contributed by atoms with Crippen LogP contribution in [0.1, 0.15) is 58.3 Å². The van der Waals surface area contributed by atoms with Gasteiger partial charge >= 0.3 is 0 Å². The first kappa shape index (κ1) is 13.9. The quantitative estimate of drug-likeness (QED) is 0.834. The molecule has 1 saturated carbocycles. The van der Waals surface area contributed by atoms with Crippen LogP contribution in [0.5, 0.6) is 0 Å². The van der Waals surface area contributed by atoms with Gasteiger partial charge in [0.1, 0.15) is 0 Å². The van der Waals surface area contributed by atoms with Crippen molar-refractivity contribution in [1.29, 1.82) is 0 Å². The lowest BCUT2D eigenvalue weighted by molar-refractivity contribution is -0.132. The molecule has 2 aliphatic rings. The van der Waals surface area contributed by atoms with Crippen molar-refractivity contribution in [3.63, 3.8) is 0 Å². The topological polar surface area (TPSA) is 32.3 Å². The molecule has 1 aliphatic heterocycles. The number of rotatable bonds is 4. The van der Waals surface area contributed by atoms with E-state index in [2.05, 4.69) is 12.2 Å². The van der Waals surface area contributed by atoms with Crippen molar-refractivity contribution in [3.05, 3.63) is 0 Å². The molecule has 2 fully saturated rings. The van der Waals surface area contributed by atoms with E-state index in [9.17, 15) is 4.79 Å². The molecule has 1 saturated heterocycles. The van der Waals surface area contributed by atoms with Gasteiger partial charge in [0.25, 0.3) is 0 Å². The summed E-state index contributed by atoms with van der Waals surface area (Å²) in [5.41, 5.74) is 0. The maximum Gasteiger partial charge on any atom is 0.222 e. The van der Waals surface area contributed by atoms with Crippen LogP contribution < -0.4 is 5.32 Å². The summed E-state index contributed by atoms with van der Waals surface area (Å²) in [6.07, 6.45) is 10.2. The van der Waals surface area contributed by atoms with E-state index in [4.69, 9.17) is 0 Å². The summed E-state index contributed by atoms with van der Waals surface area (Å²) in [7, 11) is 0. The lowest BCUT2D eigenvalue weighted by Gasteiger charge is -2.32. The van der Waals surface area contributed by atoms with Crippen LogP contribution in [-0.4, -0.2) is 36.5 Å². The number of piperazine rings is 1. The molecule has 2 rings (SSSR count). The Morgan fingerprint density at radius 3 is 2.78 bits per heavy atom. The van der Waals surface area contributed by atoms with E-state index in [0.29, 0.717) is 11.9 Å². The fourth-order valence-corrected chi connectivity index (χ4v) is 3.33. The molecule has 1 atom stereocenters. The van der Waals surface area contributed by atoms with Gasteiger partial charge in [-0.2, -0.15) is 0 Å². The summed E-state index contributed by atoms with van der Waals surface area (Å²) in [6.45, 7) is 4.89. The number of nitrogens with one attached hydrogen (secondary N) is 1. The summed E-state index contributed by atoms with van der Waals surface area (Å²) in [6, 6.07) is 0.459. The third kappa shape index (κ3) is 4.27. The molecule has 18 heavy (non-hydrogen) atoms. The van der Waals surface area contributed by atoms with Crippen molar-refractivity contribution in [1.82, 2.24) is 10.2 Å². The van der Waals surface area contributed by atoms with Crippen LogP contribution >= 0.6 is 0 Å². The smallest absolute Gasteiger partial charge is 0.222 e. The van der Waals surface area contributed by atoms with Gasteiger partial charge in [-0.1, -0.05) is 32.1 Å². The number of amides is 1. The Bertz CT molecular complexity index is 261. The minimum atomic E-state index is 0.374. The first-order valence-electron chi connectivity index (χ1n) is 7.77. The van der Waals surface area contributed by atoms with E-state index < -0.39 is 0 Å². The Hall–Kier alpha value is -0.570. The highest BCUT2D eigenvalue weighted by Gasteiger charge is 2.20. The van der Waals surface area contributed by atoms with Crippen molar-refractivity contribution in [2.45, 2.75) is 64.3 Å². The van der Waals surface area contributed by atoms with Gasteiger partial charge in [0.05, 0.1) is 0 Å². The van der Waals surface area contributed by atoms with Crippen LogP contribution in [0.3, 0.4) is 0 Å². The van der Waals surface area contributed by atoms with Crippen LogP contribution in [0.25, 0.3) is 0 Å². The van der Waals surface area contributed by atoms with Gasteiger partial charge < -0.3 is 10.2 Å². The fourth-order valence-electron chi connectivity index (χ4n) is 3.33. The molecular weight excluding hydrogens is 224 g/mol. The minimum absolute atomic E-state index is 0.374. The van der Waals surface area contributed by atoms with Crippen LogP contribution in [0.15, 0.2) is 0 Å². The second-order valence-electron chi connectivity index (χ2n) is 6.09. The molecule has 0 spiro atoms. The van der Waals surface area contributed by atoms with Gasteiger partial charge in [-0.15, -0.1) is 0 Å². The van der Waals surface area contributed by atoms with Crippen LogP contribution in [-0.2, 0) is 4.79 Å². The molecule has 1 unspecified atom stereocenters. The predicted molar refractivity (Wildman–Crippen MR) is 74.5 cm³/mol. The summed E-state index contributed by atoms with van der Waals surface area (Å²) < 4.78 is 0. The standard InChI is InChI=1S/C15H28N2O/c1-13-12-17(11-10-16-13)15(18)9-5-8-14-6-3-2-4-7-14/h13-14,16H,2-12H2,1H3. The summed E-state index contributed by atoms with van der Waals surface area (Å²) in [5.74, 6) is 1.28. The Balaban J connectivity index is 1.61. The first-order chi connectivity index (χ1) is 8.75. The van der Waals surface area contributed by atoms with E-state index in [0.717, 1.165) is 38.4 Å². The molecule has 0 aromatic rings. The normalized spacial score (nSPS) is 26.3. The number of hydrogen-bond acceptors (Lipinski definition) is 2. The fraction of sp³-hybridized carbons (Fsp3) is 0.933. The van der Waals surface area contributed by atoms with Gasteiger partial charge in [-0.3, -0.25) is 4.79 Å². The zero-order valence-corrected chi connectivity index (χ0v) is 11.8. The van der Waals surface area contributed by atoms with Crippen LogP contribution in [0.4, 0.5) is 0 Å². The van der Waals surface area contributed by atoms with E-state index in [1.807, 2.05) is 4.90 Å². The molecule has 0 aromatic carbocycles. The number of carbonyl (C=O) groups excluding carboxylic acids is 1. The molecule has 0 radical (unpaired) electrons. The molecule has 0 aromatic heterocycles. The number of nitrogens with zero attached hydrogens (tertiary/aromatic N) is 1. The van der Waals surface area contributed by atoms with Crippen molar-refractivity contribution >= 4 is 5.91 Å². The lowest BCUT2D eigenvalue weighted by atomic mass is 9.86. The largest absolute Gasteiger partial charge is 0.340 e. The van der Waals surface area contributed by atoms with Crippen LogP contribution in [0.2, 0.25) is 0 Å². The van der Waals surface area contributed by atoms with Gasteiger partial charge in [-0.05, 0) is 25.7 Å². The zero-order chi connectivity index (χ0) is 12.8. The Kier molecular flexibility index (Phi) is 5.48. The lowest BCUT2D eigenvalue weighted by Crippen LogP contribution is -2.51. The van der Waals surface area contributed by atoms with E-state index in [1.54, 1.807) is 0 Å². The van der Waals surface area contributed by atoms with Crippen molar-refractivity contribution in [2.24, 2.45) is 5.92 Å². The van der Waals surface area contributed by atoms with E-state index in [-0.39, 0.29) is 0 Å². The average molecular weight is 252 g/mol. The highest BCUT2D eigenvalue weighted by molar-refractivity contribution is 5.76. The highest BCUT2D eigenvalue weighted by atomic mass is 16.2. The average Bonchev–Trinajstić information content (AvgIpc) is 2.40. The van der Waals surface area contributed by atoms with Gasteiger partial charge in [0, 0.05) is 32.1 Å². The minimum Gasteiger partial charge on any atom is -0.340 e. The van der Waals surface area contributed by atoms with E-state index >= 15 is 0 Å². The van der Waals surface area contributed by atoms with Gasteiger partial charge in [0.2, 0.25) is 5.91 Å². The SMILES string of the molecule is CC1CN(C(=O)CCCC2CCCCC2)CCN1. The zero-order valence-electron chi connectivity index (χ0n) is 11.8. The molecule has 3 heteroatoms. The predicted octanol–water partition coefficient (Wildman–Crippen LogP) is 2.56. The summed E-state index contributed by atoms with van der Waals surface area (Å²) >= 11 is 0. The monoisotopic (exact) mass is 252 g/mol. The molecule has 1 heterocycles. The highest BCUT2D eigenvalue weighted by Crippen LogP contribution is 2.27. The van der Waals surface area contributed by atoms with Gasteiger partial charge in [0.15, 0.2) is 0 Å². The number of hydrogen-bond donors (Lipinski definition) is 1. The first-order valence-corrected chi connectivity index (χ1v) is 7.77. The molecule has 1 amide bonds. The Morgan fingerprint density at radius 1 is 1.28 bits per heavy atom. The third-order valence-electron chi connectivity index (χ3n) is 4.45.